The third-order valence-corrected chi connectivity index (χ3v) is 5.15. The lowest BCUT2D eigenvalue weighted by Gasteiger charge is -2.06. The minimum atomic E-state index is -0.443. The second-order valence-corrected chi connectivity index (χ2v) is 7.39. The Bertz CT molecular complexity index is 945. The summed E-state index contributed by atoms with van der Waals surface area (Å²) in [6.07, 6.45) is 0. The maximum absolute atomic E-state index is 12.1. The van der Waals surface area contributed by atoms with Gasteiger partial charge >= 0.3 is 6.03 Å². The van der Waals surface area contributed by atoms with E-state index in [1.54, 1.807) is 41.8 Å². The third-order valence-electron chi connectivity index (χ3n) is 3.11. The minimum absolute atomic E-state index is 0.355. The lowest BCUT2D eigenvalue weighted by molar-refractivity contribution is 0.262. The first-order valence-electron chi connectivity index (χ1n) is 6.86. The van der Waals surface area contributed by atoms with E-state index < -0.39 is 6.03 Å². The summed E-state index contributed by atoms with van der Waals surface area (Å²) in [7, 11) is 0. The van der Waals surface area contributed by atoms with Crippen molar-refractivity contribution in [2.24, 2.45) is 0 Å². The van der Waals surface area contributed by atoms with Gasteiger partial charge in [0.25, 0.3) is 0 Å². The van der Waals surface area contributed by atoms with Crippen molar-refractivity contribution in [2.45, 2.75) is 0 Å². The van der Waals surface area contributed by atoms with E-state index in [0.29, 0.717) is 36.6 Å². The van der Waals surface area contributed by atoms with Gasteiger partial charge in [-0.15, -0.1) is 11.3 Å². The van der Waals surface area contributed by atoms with Gasteiger partial charge in [0, 0.05) is 21.7 Å². The first kappa shape index (κ1) is 18.3. The van der Waals surface area contributed by atoms with Crippen LogP contribution in [0, 0.1) is 0 Å². The average Bonchev–Trinajstić information content (AvgIpc) is 2.99. The zero-order valence-corrected chi connectivity index (χ0v) is 16.2. The fourth-order valence-electron chi connectivity index (χ4n) is 1.99. The quantitative estimate of drug-likeness (QED) is 0.464. The van der Waals surface area contributed by atoms with Crippen molar-refractivity contribution < 1.29 is 4.79 Å². The number of amides is 2. The molecule has 0 fully saturated rings. The van der Waals surface area contributed by atoms with E-state index in [9.17, 15) is 4.79 Å². The smallest absolute Gasteiger partial charge is 0.308 e. The topological polar surface area (TPSA) is 54.0 Å². The van der Waals surface area contributed by atoms with Crippen molar-refractivity contribution in [3.63, 3.8) is 0 Å². The SMILES string of the molecule is O=C(Nc1ccc(Cl)c(Cl)c1)Nc1nc(-c2ccc(Cl)cc2Cl)cs1. The average molecular weight is 433 g/mol. The highest BCUT2D eigenvalue weighted by atomic mass is 35.5. The highest BCUT2D eigenvalue weighted by molar-refractivity contribution is 7.14. The molecular weight excluding hydrogens is 424 g/mol. The van der Waals surface area contributed by atoms with Crippen molar-refractivity contribution >= 4 is 74.6 Å². The van der Waals surface area contributed by atoms with Crippen LogP contribution < -0.4 is 10.6 Å². The van der Waals surface area contributed by atoms with Gasteiger partial charge in [0.05, 0.1) is 20.8 Å². The molecule has 0 spiro atoms. The first-order valence-corrected chi connectivity index (χ1v) is 9.25. The maximum Gasteiger partial charge on any atom is 0.325 e. The fraction of sp³-hybridized carbons (Fsp3) is 0. The molecule has 0 aliphatic rings. The summed E-state index contributed by atoms with van der Waals surface area (Å²) in [5.74, 6) is 0. The van der Waals surface area contributed by atoms with Gasteiger partial charge in [0.2, 0.25) is 0 Å². The molecule has 0 saturated carbocycles. The van der Waals surface area contributed by atoms with Crippen LogP contribution in [0.3, 0.4) is 0 Å². The van der Waals surface area contributed by atoms with Gasteiger partial charge in [0.1, 0.15) is 0 Å². The molecule has 0 unspecified atom stereocenters. The number of urea groups is 1. The number of hydrogen-bond donors (Lipinski definition) is 2. The Kier molecular flexibility index (Phi) is 5.71. The molecule has 0 aliphatic carbocycles. The highest BCUT2D eigenvalue weighted by Gasteiger charge is 2.11. The van der Waals surface area contributed by atoms with Gasteiger partial charge < -0.3 is 5.32 Å². The lowest BCUT2D eigenvalue weighted by Crippen LogP contribution is -2.19. The molecule has 3 rings (SSSR count). The van der Waals surface area contributed by atoms with Crippen molar-refractivity contribution in [1.29, 1.82) is 0 Å². The van der Waals surface area contributed by atoms with E-state index in [1.807, 2.05) is 0 Å². The molecule has 4 nitrogen and oxygen atoms in total. The van der Waals surface area contributed by atoms with Crippen LogP contribution in [-0.4, -0.2) is 11.0 Å². The van der Waals surface area contributed by atoms with Gasteiger partial charge in [-0.2, -0.15) is 0 Å². The summed E-state index contributed by atoms with van der Waals surface area (Å²) >= 11 is 25.1. The molecule has 0 saturated heterocycles. The van der Waals surface area contributed by atoms with Crippen molar-refractivity contribution in [3.05, 3.63) is 61.9 Å². The Hall–Kier alpha value is -1.50. The molecule has 9 heteroatoms. The Morgan fingerprint density at radius 2 is 1.72 bits per heavy atom. The number of nitrogens with zero attached hydrogens (tertiary/aromatic N) is 1. The molecule has 128 valence electrons. The second kappa shape index (κ2) is 7.81. The molecule has 2 amide bonds. The number of anilines is 2. The molecular formula is C16H9Cl4N3OS. The van der Waals surface area contributed by atoms with Crippen LogP contribution in [0.15, 0.2) is 41.8 Å². The van der Waals surface area contributed by atoms with Crippen molar-refractivity contribution in [3.8, 4) is 11.3 Å². The number of carbonyl (C=O) groups excluding carboxylic acids is 1. The second-order valence-electron chi connectivity index (χ2n) is 4.87. The molecule has 1 heterocycles. The summed E-state index contributed by atoms with van der Waals surface area (Å²) in [5, 5.41) is 9.34. The third kappa shape index (κ3) is 4.57. The summed E-state index contributed by atoms with van der Waals surface area (Å²) in [6, 6.07) is 9.51. The number of thiazole rings is 1. The zero-order valence-electron chi connectivity index (χ0n) is 12.3. The van der Waals surface area contributed by atoms with Gasteiger partial charge in [-0.3, -0.25) is 5.32 Å². The van der Waals surface area contributed by atoms with Crippen molar-refractivity contribution in [2.75, 3.05) is 10.6 Å². The Labute approximate surface area is 167 Å². The van der Waals surface area contributed by atoms with Crippen LogP contribution in [0.1, 0.15) is 0 Å². The Morgan fingerprint density at radius 3 is 2.44 bits per heavy atom. The van der Waals surface area contributed by atoms with E-state index in [0.717, 1.165) is 5.56 Å². The van der Waals surface area contributed by atoms with Crippen molar-refractivity contribution in [1.82, 2.24) is 4.98 Å². The summed E-state index contributed by atoms with van der Waals surface area (Å²) in [6.45, 7) is 0. The van der Waals surface area contributed by atoms with Crippen LogP contribution >= 0.6 is 57.7 Å². The number of halogens is 4. The Morgan fingerprint density at radius 1 is 0.920 bits per heavy atom. The van der Waals surface area contributed by atoms with Gasteiger partial charge in [0.15, 0.2) is 5.13 Å². The molecule has 0 radical (unpaired) electrons. The number of carbonyl (C=O) groups is 1. The number of nitrogens with one attached hydrogen (secondary N) is 2. The summed E-state index contributed by atoms with van der Waals surface area (Å²) in [5.41, 5.74) is 1.90. The predicted molar refractivity (Wildman–Crippen MR) is 107 cm³/mol. The summed E-state index contributed by atoms with van der Waals surface area (Å²) < 4.78 is 0. The predicted octanol–water partition coefficient (Wildman–Crippen LogP) is 7.07. The fourth-order valence-corrected chi connectivity index (χ4v) is 3.49. The minimum Gasteiger partial charge on any atom is -0.308 e. The number of benzene rings is 2. The lowest BCUT2D eigenvalue weighted by atomic mass is 10.2. The van der Waals surface area contributed by atoms with Gasteiger partial charge in [-0.05, 0) is 36.4 Å². The number of aromatic nitrogens is 1. The largest absolute Gasteiger partial charge is 0.325 e. The van der Waals surface area contributed by atoms with E-state index in [-0.39, 0.29) is 0 Å². The molecule has 25 heavy (non-hydrogen) atoms. The number of rotatable bonds is 3. The van der Waals surface area contributed by atoms with Crippen LogP contribution in [0.5, 0.6) is 0 Å². The van der Waals surface area contributed by atoms with Crippen LogP contribution in [0.4, 0.5) is 15.6 Å². The maximum atomic E-state index is 12.1. The van der Waals surface area contributed by atoms with Crippen LogP contribution in [-0.2, 0) is 0 Å². The standard InChI is InChI=1S/C16H9Cl4N3OS/c17-8-1-3-10(12(19)5-8)14-7-25-16(22-14)23-15(24)21-9-2-4-11(18)13(20)6-9/h1-7H,(H2,21,22,23,24). The monoisotopic (exact) mass is 431 g/mol. The molecule has 3 aromatic rings. The molecule has 0 bridgehead atoms. The number of hydrogen-bond acceptors (Lipinski definition) is 3. The Balaban J connectivity index is 1.70. The molecule has 0 aliphatic heterocycles. The van der Waals surface area contributed by atoms with E-state index in [1.165, 1.54) is 11.3 Å². The molecule has 0 atom stereocenters. The van der Waals surface area contributed by atoms with E-state index in [4.69, 9.17) is 46.4 Å². The zero-order chi connectivity index (χ0) is 18.0. The van der Waals surface area contributed by atoms with Gasteiger partial charge in [-0.25, -0.2) is 9.78 Å². The van der Waals surface area contributed by atoms with Crippen LogP contribution in [0.2, 0.25) is 20.1 Å². The molecule has 2 aromatic carbocycles. The molecule has 1 aromatic heterocycles. The van der Waals surface area contributed by atoms with E-state index >= 15 is 0 Å². The van der Waals surface area contributed by atoms with Gasteiger partial charge in [-0.1, -0.05) is 46.4 Å². The van der Waals surface area contributed by atoms with E-state index in [2.05, 4.69) is 15.6 Å². The normalized spacial score (nSPS) is 10.6. The molecule has 2 N–H and O–H groups in total. The highest BCUT2D eigenvalue weighted by Crippen LogP contribution is 2.32. The summed E-state index contributed by atoms with van der Waals surface area (Å²) in [4.78, 5) is 16.4. The van der Waals surface area contributed by atoms with Crippen LogP contribution in [0.25, 0.3) is 11.3 Å². The first-order chi connectivity index (χ1) is 11.9.